The molecule has 0 atom stereocenters. The van der Waals surface area contributed by atoms with Gasteiger partial charge in [-0.1, -0.05) is 82.8 Å². The minimum absolute atomic E-state index is 0.0943. The fraction of sp³-hybridized carbons (Fsp3) is 0. The summed E-state index contributed by atoms with van der Waals surface area (Å²) in [5.74, 6) is -2.63. The molecule has 0 heterocycles. The van der Waals surface area contributed by atoms with Gasteiger partial charge in [-0.25, -0.2) is 10.2 Å². The summed E-state index contributed by atoms with van der Waals surface area (Å²) in [7, 11) is 0. The van der Waals surface area contributed by atoms with Crippen LogP contribution in [0, 0.1) is 0 Å². The van der Waals surface area contributed by atoms with Gasteiger partial charge in [0, 0.05) is 10.6 Å². The maximum absolute atomic E-state index is 12.8. The van der Waals surface area contributed by atoms with Crippen molar-refractivity contribution in [2.24, 2.45) is 5.10 Å². The Labute approximate surface area is 230 Å². The van der Waals surface area contributed by atoms with Gasteiger partial charge in [-0.3, -0.25) is 9.59 Å². The molecule has 2 N–H and O–H groups in total. The molecule has 186 valence electrons. The highest BCUT2D eigenvalue weighted by Gasteiger charge is 2.18. The molecule has 0 radical (unpaired) electrons. The standard InChI is InChI=1S/C26H15Cl4N3O4/c27-15-9-10-17(20(29)12-15)26(36)37-22-11-8-14-4-1-2-5-16(14)18(22)13-31-33-25(35)24(34)32-21-7-3-6-19(28)23(21)30/h1-13H,(H,32,34)(H,33,35)/b31-13+. The molecule has 4 rings (SSSR count). The summed E-state index contributed by atoms with van der Waals surface area (Å²) in [6.07, 6.45) is 1.27. The van der Waals surface area contributed by atoms with Gasteiger partial charge in [-0.2, -0.15) is 5.10 Å². The van der Waals surface area contributed by atoms with Crippen LogP contribution in [0.1, 0.15) is 15.9 Å². The Morgan fingerprint density at radius 2 is 1.59 bits per heavy atom. The average Bonchev–Trinajstić information content (AvgIpc) is 2.87. The molecule has 2 amide bonds. The number of carbonyl (C=O) groups excluding carboxylic acids is 3. The number of hydrogen-bond donors (Lipinski definition) is 2. The highest BCUT2D eigenvalue weighted by atomic mass is 35.5. The molecular formula is C26H15Cl4N3O4. The molecule has 7 nitrogen and oxygen atoms in total. The number of amides is 2. The molecule has 0 unspecified atom stereocenters. The van der Waals surface area contributed by atoms with Gasteiger partial charge in [0.15, 0.2) is 0 Å². The van der Waals surface area contributed by atoms with Gasteiger partial charge < -0.3 is 10.1 Å². The summed E-state index contributed by atoms with van der Waals surface area (Å²) in [4.78, 5) is 37.3. The number of nitrogens with zero attached hydrogens (tertiary/aromatic N) is 1. The second-order valence-corrected chi connectivity index (χ2v) is 9.10. The van der Waals surface area contributed by atoms with Crippen LogP contribution < -0.4 is 15.5 Å². The SMILES string of the molecule is O=C(N/N=C/c1c(OC(=O)c2ccc(Cl)cc2Cl)ccc2ccccc12)C(=O)Nc1cccc(Cl)c1Cl. The van der Waals surface area contributed by atoms with Gasteiger partial charge >= 0.3 is 17.8 Å². The number of rotatable bonds is 5. The van der Waals surface area contributed by atoms with Crippen molar-refractivity contribution in [3.63, 3.8) is 0 Å². The number of hydrogen-bond acceptors (Lipinski definition) is 5. The third kappa shape index (κ3) is 6.21. The quantitative estimate of drug-likeness (QED) is 0.0904. The Morgan fingerprint density at radius 3 is 2.38 bits per heavy atom. The predicted octanol–water partition coefficient (Wildman–Crippen LogP) is 6.76. The maximum atomic E-state index is 12.8. The zero-order valence-electron chi connectivity index (χ0n) is 18.6. The topological polar surface area (TPSA) is 96.9 Å². The van der Waals surface area contributed by atoms with Crippen LogP contribution in [-0.4, -0.2) is 24.0 Å². The Bertz CT molecular complexity index is 1570. The number of halogens is 4. The molecule has 0 saturated heterocycles. The number of esters is 1. The van der Waals surface area contributed by atoms with Crippen molar-refractivity contribution in [2.75, 3.05) is 5.32 Å². The minimum Gasteiger partial charge on any atom is -0.422 e. The van der Waals surface area contributed by atoms with Gasteiger partial charge in [0.2, 0.25) is 0 Å². The van der Waals surface area contributed by atoms with Crippen LogP contribution in [0.2, 0.25) is 20.1 Å². The second-order valence-electron chi connectivity index (χ2n) is 7.47. The fourth-order valence-corrected chi connectivity index (χ4v) is 4.13. The number of fused-ring (bicyclic) bond motifs is 1. The average molecular weight is 575 g/mol. The van der Waals surface area contributed by atoms with E-state index in [-0.39, 0.29) is 32.1 Å². The van der Waals surface area contributed by atoms with E-state index < -0.39 is 17.8 Å². The summed E-state index contributed by atoms with van der Waals surface area (Å²) in [6, 6.07) is 19.6. The number of nitrogens with one attached hydrogen (secondary N) is 2. The van der Waals surface area contributed by atoms with Crippen LogP contribution in [0.5, 0.6) is 5.75 Å². The minimum atomic E-state index is -1.06. The van der Waals surface area contributed by atoms with Crippen molar-refractivity contribution in [2.45, 2.75) is 0 Å². The lowest BCUT2D eigenvalue weighted by Crippen LogP contribution is -2.32. The van der Waals surface area contributed by atoms with E-state index in [4.69, 9.17) is 51.1 Å². The van der Waals surface area contributed by atoms with E-state index in [1.54, 1.807) is 36.4 Å². The number of anilines is 1. The molecule has 0 aliphatic carbocycles. The molecule has 0 aliphatic rings. The molecule has 0 bridgehead atoms. The lowest BCUT2D eigenvalue weighted by molar-refractivity contribution is -0.136. The smallest absolute Gasteiger partial charge is 0.345 e. The Hall–Kier alpha value is -3.62. The van der Waals surface area contributed by atoms with E-state index in [1.165, 1.54) is 30.5 Å². The summed E-state index contributed by atoms with van der Waals surface area (Å²) in [6.45, 7) is 0. The number of hydrazone groups is 1. The van der Waals surface area contributed by atoms with E-state index in [1.807, 2.05) is 12.1 Å². The van der Waals surface area contributed by atoms with Crippen molar-refractivity contribution < 1.29 is 19.1 Å². The fourth-order valence-electron chi connectivity index (χ4n) is 3.29. The summed E-state index contributed by atoms with van der Waals surface area (Å²) >= 11 is 24.0. The first kappa shape index (κ1) is 26.4. The second kappa shape index (κ2) is 11.6. The first-order chi connectivity index (χ1) is 17.7. The van der Waals surface area contributed by atoms with Crippen molar-refractivity contribution in [3.8, 4) is 5.75 Å². The first-order valence-electron chi connectivity index (χ1n) is 10.5. The first-order valence-corrected chi connectivity index (χ1v) is 12.0. The molecule has 4 aromatic rings. The molecule has 0 aromatic heterocycles. The lowest BCUT2D eigenvalue weighted by Gasteiger charge is -2.11. The van der Waals surface area contributed by atoms with Crippen molar-refractivity contribution in [1.82, 2.24) is 5.43 Å². The number of benzene rings is 4. The zero-order valence-corrected chi connectivity index (χ0v) is 21.6. The largest absolute Gasteiger partial charge is 0.422 e. The molecule has 0 spiro atoms. The van der Waals surface area contributed by atoms with Crippen LogP contribution in [0.15, 0.2) is 77.9 Å². The summed E-state index contributed by atoms with van der Waals surface area (Å²) in [5.41, 5.74) is 2.81. The highest BCUT2D eigenvalue weighted by molar-refractivity contribution is 6.45. The molecule has 37 heavy (non-hydrogen) atoms. The van der Waals surface area contributed by atoms with Crippen LogP contribution in [0.25, 0.3) is 10.8 Å². The number of ether oxygens (including phenoxy) is 1. The monoisotopic (exact) mass is 573 g/mol. The predicted molar refractivity (Wildman–Crippen MR) is 146 cm³/mol. The van der Waals surface area contributed by atoms with Gasteiger partial charge in [-0.15, -0.1) is 0 Å². The molecule has 4 aromatic carbocycles. The van der Waals surface area contributed by atoms with E-state index >= 15 is 0 Å². The molecule has 0 aliphatic heterocycles. The van der Waals surface area contributed by atoms with Crippen LogP contribution >= 0.6 is 46.4 Å². The Morgan fingerprint density at radius 1 is 0.811 bits per heavy atom. The third-order valence-electron chi connectivity index (χ3n) is 5.05. The van der Waals surface area contributed by atoms with Gasteiger partial charge in [0.25, 0.3) is 0 Å². The Kier molecular flexibility index (Phi) is 8.31. The van der Waals surface area contributed by atoms with E-state index in [0.29, 0.717) is 16.0 Å². The Balaban J connectivity index is 1.56. The van der Waals surface area contributed by atoms with Crippen LogP contribution in [-0.2, 0) is 9.59 Å². The highest BCUT2D eigenvalue weighted by Crippen LogP contribution is 2.30. The van der Waals surface area contributed by atoms with E-state index in [2.05, 4.69) is 15.8 Å². The van der Waals surface area contributed by atoms with E-state index in [9.17, 15) is 14.4 Å². The lowest BCUT2D eigenvalue weighted by atomic mass is 10.0. The maximum Gasteiger partial charge on any atom is 0.345 e. The third-order valence-corrected chi connectivity index (χ3v) is 6.42. The van der Waals surface area contributed by atoms with Gasteiger partial charge in [0.05, 0.1) is 32.5 Å². The van der Waals surface area contributed by atoms with Gasteiger partial charge in [-0.05, 0) is 47.2 Å². The molecule has 0 fully saturated rings. The normalized spacial score (nSPS) is 10.9. The van der Waals surface area contributed by atoms with Crippen molar-refractivity contribution in [1.29, 1.82) is 0 Å². The van der Waals surface area contributed by atoms with Crippen LogP contribution in [0.4, 0.5) is 5.69 Å². The summed E-state index contributed by atoms with van der Waals surface area (Å²) < 4.78 is 5.59. The van der Waals surface area contributed by atoms with Crippen molar-refractivity contribution in [3.05, 3.63) is 104 Å². The van der Waals surface area contributed by atoms with Crippen LogP contribution in [0.3, 0.4) is 0 Å². The molecular weight excluding hydrogens is 560 g/mol. The van der Waals surface area contributed by atoms with Crippen molar-refractivity contribution >= 4 is 86.9 Å². The zero-order chi connectivity index (χ0) is 26.5. The van der Waals surface area contributed by atoms with Gasteiger partial charge in [0.1, 0.15) is 5.75 Å². The van der Waals surface area contributed by atoms with E-state index in [0.717, 1.165) is 5.39 Å². The number of carbonyl (C=O) groups is 3. The summed E-state index contributed by atoms with van der Waals surface area (Å²) in [5, 5.41) is 8.57. The molecule has 11 heteroatoms. The molecule has 0 saturated carbocycles.